The number of aryl methyl sites for hydroxylation is 1. The summed E-state index contributed by atoms with van der Waals surface area (Å²) in [6.07, 6.45) is 14.2. The predicted molar refractivity (Wildman–Crippen MR) is 179 cm³/mol. The molecule has 0 radical (unpaired) electrons. The molecule has 0 amide bonds. The van der Waals surface area contributed by atoms with Crippen LogP contribution >= 0.6 is 0 Å². The molecule has 2 unspecified atom stereocenters. The number of ether oxygens (including phenoxy) is 2. The van der Waals surface area contributed by atoms with Crippen LogP contribution in [0.1, 0.15) is 72.1 Å². The smallest absolute Gasteiger partial charge is 0.172 e. The Bertz CT molecular complexity index is 1430. The van der Waals surface area contributed by atoms with Gasteiger partial charge in [0.25, 0.3) is 0 Å². The number of pyridine rings is 1. The quantitative estimate of drug-likeness (QED) is 0.207. The van der Waals surface area contributed by atoms with Crippen LogP contribution in [0.25, 0.3) is 0 Å². The van der Waals surface area contributed by atoms with E-state index in [0.717, 1.165) is 49.5 Å². The summed E-state index contributed by atoms with van der Waals surface area (Å²) < 4.78 is 27.7. The fourth-order valence-corrected chi connectivity index (χ4v) is 4.83. The first-order chi connectivity index (χ1) is 21.2. The third-order valence-corrected chi connectivity index (χ3v) is 7.21. The van der Waals surface area contributed by atoms with Crippen LogP contribution in [0.5, 0.6) is 11.5 Å². The summed E-state index contributed by atoms with van der Waals surface area (Å²) in [6, 6.07) is 6.81. The van der Waals surface area contributed by atoms with Crippen LogP contribution in [0.4, 0.5) is 15.9 Å². The summed E-state index contributed by atoms with van der Waals surface area (Å²) in [5.41, 5.74) is 1.82. The number of unbranched alkanes of at least 4 members (excludes halogenated alkanes) is 1. The van der Waals surface area contributed by atoms with Crippen molar-refractivity contribution in [1.82, 2.24) is 9.99 Å². The van der Waals surface area contributed by atoms with Crippen LogP contribution in [0, 0.1) is 24.6 Å². The maximum Gasteiger partial charge on any atom is 0.172 e. The average Bonchev–Trinajstić information content (AvgIpc) is 3.13. The number of hydrogen-bond donors (Lipinski definition) is 1. The Morgan fingerprint density at radius 3 is 2.77 bits per heavy atom. The number of amidine groups is 1. The minimum atomic E-state index is -0.458. The van der Waals surface area contributed by atoms with E-state index in [1.165, 1.54) is 6.07 Å². The molecule has 4 rings (SSSR count). The van der Waals surface area contributed by atoms with E-state index in [-0.39, 0.29) is 11.7 Å². The maximum absolute atomic E-state index is 15.5. The van der Waals surface area contributed by atoms with Gasteiger partial charge in [-0.15, -0.1) is 0 Å². The number of fused-ring (bicyclic) bond motifs is 1. The van der Waals surface area contributed by atoms with Crippen molar-refractivity contribution in [1.29, 1.82) is 0 Å². The van der Waals surface area contributed by atoms with Crippen LogP contribution in [-0.4, -0.2) is 47.8 Å². The van der Waals surface area contributed by atoms with Crippen LogP contribution < -0.4 is 19.7 Å². The van der Waals surface area contributed by atoms with Crippen molar-refractivity contribution in [2.24, 2.45) is 21.9 Å². The van der Waals surface area contributed by atoms with E-state index in [4.69, 9.17) is 14.5 Å². The molecule has 44 heavy (non-hydrogen) atoms. The lowest BCUT2D eigenvalue weighted by Gasteiger charge is -2.25. The number of allylic oxidation sites excluding steroid dienone is 2. The Hall–Kier alpha value is -4.14. The largest absolute Gasteiger partial charge is 0.489 e. The van der Waals surface area contributed by atoms with Gasteiger partial charge in [0, 0.05) is 43.7 Å². The second-order valence-corrected chi connectivity index (χ2v) is 11.8. The molecule has 8 nitrogen and oxygen atoms in total. The number of nitrogens with one attached hydrogen (secondary N) is 1. The van der Waals surface area contributed by atoms with Crippen LogP contribution in [0.15, 0.2) is 70.7 Å². The molecule has 3 heterocycles. The number of halogens is 1. The Morgan fingerprint density at radius 2 is 2.07 bits per heavy atom. The van der Waals surface area contributed by atoms with Crippen LogP contribution in [0.2, 0.25) is 0 Å². The number of rotatable bonds is 11. The van der Waals surface area contributed by atoms with E-state index >= 15 is 4.39 Å². The minimum Gasteiger partial charge on any atom is -0.489 e. The Kier molecular flexibility index (Phi) is 11.6. The minimum absolute atomic E-state index is 0.00824. The second-order valence-electron chi connectivity index (χ2n) is 11.8. The molecule has 0 saturated heterocycles. The molecule has 0 aliphatic carbocycles. The van der Waals surface area contributed by atoms with Gasteiger partial charge in [0.15, 0.2) is 17.4 Å². The molecule has 0 saturated carbocycles. The number of hydrogen-bond acceptors (Lipinski definition) is 7. The molecule has 236 valence electrons. The highest BCUT2D eigenvalue weighted by atomic mass is 19.1. The highest BCUT2D eigenvalue weighted by molar-refractivity contribution is 6.08. The third-order valence-electron chi connectivity index (χ3n) is 7.21. The zero-order valence-electron chi connectivity index (χ0n) is 27.2. The number of benzene rings is 1. The summed E-state index contributed by atoms with van der Waals surface area (Å²) in [6.45, 7) is 17.0. The third kappa shape index (κ3) is 8.71. The van der Waals surface area contributed by atoms with Gasteiger partial charge in [-0.3, -0.25) is 5.01 Å². The first-order valence-corrected chi connectivity index (χ1v) is 15.8. The van der Waals surface area contributed by atoms with E-state index in [2.05, 4.69) is 48.0 Å². The van der Waals surface area contributed by atoms with Gasteiger partial charge in [-0.25, -0.2) is 14.4 Å². The Balaban J connectivity index is 1.58. The van der Waals surface area contributed by atoms with E-state index in [0.29, 0.717) is 41.5 Å². The molecule has 9 heteroatoms. The predicted octanol–water partition coefficient (Wildman–Crippen LogP) is 8.07. The first-order valence-electron chi connectivity index (χ1n) is 15.8. The molecule has 2 atom stereocenters. The van der Waals surface area contributed by atoms with Gasteiger partial charge >= 0.3 is 0 Å². The number of nitrogens with zero attached hydrogens (tertiary/aromatic N) is 5. The lowest BCUT2D eigenvalue weighted by Crippen LogP contribution is -2.30. The highest BCUT2D eigenvalue weighted by Crippen LogP contribution is 2.33. The number of aliphatic imine (C=N–C) groups is 1. The monoisotopic (exact) mass is 602 g/mol. The summed E-state index contributed by atoms with van der Waals surface area (Å²) in [5, 5.41) is 9.57. The fourth-order valence-electron chi connectivity index (χ4n) is 4.83. The van der Waals surface area contributed by atoms with Crippen molar-refractivity contribution in [3.63, 3.8) is 0 Å². The standard InChI is InChI=1S/C35H47FN6O2/c1-8-10-15-37-34(33-26(6)18-32-35(40-33)41(16-11-9-2)22-25(5)23-43-32)39-31-13-12-28(20-30(31)36)44-29-14-17-42(27(7)19-29)38-21-24(3)4/h10,12-15,17-21,24-25,27H,8-9,11,16,22-23H2,1-7H3,(H,37,39)/b15-10+,38-21-. The zero-order valence-corrected chi connectivity index (χ0v) is 27.2. The maximum atomic E-state index is 15.5. The second kappa shape index (κ2) is 15.5. The van der Waals surface area contributed by atoms with Crippen molar-refractivity contribution >= 4 is 23.6 Å². The molecule has 2 aliphatic rings. The van der Waals surface area contributed by atoms with Crippen LogP contribution in [-0.2, 0) is 0 Å². The van der Waals surface area contributed by atoms with Crippen LogP contribution in [0.3, 0.4) is 0 Å². The molecular weight excluding hydrogens is 555 g/mol. The molecule has 0 fully saturated rings. The van der Waals surface area contributed by atoms with Gasteiger partial charge in [-0.2, -0.15) is 5.10 Å². The molecule has 1 N–H and O–H groups in total. The number of hydrazone groups is 1. The summed E-state index contributed by atoms with van der Waals surface area (Å²) >= 11 is 0. The van der Waals surface area contributed by atoms with Gasteiger partial charge in [0.2, 0.25) is 0 Å². The molecule has 0 bridgehead atoms. The first kappa shape index (κ1) is 32.8. The number of aromatic nitrogens is 1. The van der Waals surface area contributed by atoms with E-state index in [9.17, 15) is 0 Å². The van der Waals surface area contributed by atoms with Gasteiger partial charge in [0.1, 0.15) is 23.0 Å². The van der Waals surface area contributed by atoms with Crippen molar-refractivity contribution in [3.8, 4) is 11.5 Å². The molecule has 0 spiro atoms. The highest BCUT2D eigenvalue weighted by Gasteiger charge is 2.25. The van der Waals surface area contributed by atoms with Crippen molar-refractivity contribution < 1.29 is 13.9 Å². The fraction of sp³-hybridized carbons (Fsp3) is 0.457. The summed E-state index contributed by atoms with van der Waals surface area (Å²) in [7, 11) is 0. The van der Waals surface area contributed by atoms with Crippen molar-refractivity contribution in [3.05, 3.63) is 77.7 Å². The molecular formula is C35H47FN6O2. The van der Waals surface area contributed by atoms with Crippen molar-refractivity contribution in [2.75, 3.05) is 29.9 Å². The molecule has 2 aromatic rings. The Labute approximate surface area is 262 Å². The zero-order chi connectivity index (χ0) is 31.6. The van der Waals surface area contributed by atoms with E-state index < -0.39 is 5.82 Å². The molecule has 1 aromatic carbocycles. The Morgan fingerprint density at radius 1 is 1.25 bits per heavy atom. The normalized spacial score (nSPS) is 18.9. The lowest BCUT2D eigenvalue weighted by atomic mass is 10.1. The van der Waals surface area contributed by atoms with Crippen molar-refractivity contribution in [2.45, 2.75) is 73.8 Å². The van der Waals surface area contributed by atoms with Gasteiger partial charge in [0.05, 0.1) is 18.3 Å². The molecule has 1 aromatic heterocycles. The molecule has 2 aliphatic heterocycles. The van der Waals surface area contributed by atoms with Gasteiger partial charge < -0.3 is 19.7 Å². The van der Waals surface area contributed by atoms with E-state index in [1.54, 1.807) is 18.3 Å². The lowest BCUT2D eigenvalue weighted by molar-refractivity contribution is 0.273. The summed E-state index contributed by atoms with van der Waals surface area (Å²) in [4.78, 5) is 12.1. The van der Waals surface area contributed by atoms with Gasteiger partial charge in [-0.1, -0.05) is 47.1 Å². The SMILES string of the molecule is CC/C=C/N=C(Nc1ccc(OC2=CC(C)N(/N=C\C(C)C)C=C2)cc1F)c1nc2c(cc1C)OCC(C)CN2CCCC. The van der Waals surface area contributed by atoms with Gasteiger partial charge in [-0.05, 0) is 68.5 Å². The van der Waals surface area contributed by atoms with E-state index in [1.807, 2.05) is 62.5 Å². The topological polar surface area (TPSA) is 74.6 Å². The summed E-state index contributed by atoms with van der Waals surface area (Å²) in [5.74, 6) is 3.35. The average molecular weight is 603 g/mol. The number of anilines is 2.